The van der Waals surface area contributed by atoms with Crippen LogP contribution < -0.4 is 5.32 Å². The van der Waals surface area contributed by atoms with Gasteiger partial charge in [0.25, 0.3) is 0 Å². The largest absolute Gasteiger partial charge is 0.467 e. The van der Waals surface area contributed by atoms with Gasteiger partial charge in [-0.05, 0) is 25.1 Å². The number of furan rings is 1. The lowest BCUT2D eigenvalue weighted by molar-refractivity contribution is 0.00731. The van der Waals surface area contributed by atoms with Crippen LogP contribution in [0.4, 0.5) is 19.3 Å². The molecular weight excluding hydrogens is 342 g/mol. The summed E-state index contributed by atoms with van der Waals surface area (Å²) in [6.45, 7) is 2.25. The Morgan fingerprint density at radius 3 is 2.96 bits per heavy atom. The highest BCUT2D eigenvalue weighted by molar-refractivity contribution is 6.31. The summed E-state index contributed by atoms with van der Waals surface area (Å²) in [5, 5.41) is 2.25. The van der Waals surface area contributed by atoms with Crippen molar-refractivity contribution in [1.82, 2.24) is 4.90 Å². The van der Waals surface area contributed by atoms with Crippen LogP contribution >= 0.6 is 11.6 Å². The molecule has 0 aliphatic carbocycles. The molecule has 1 atom stereocenters. The van der Waals surface area contributed by atoms with E-state index in [4.69, 9.17) is 20.8 Å². The van der Waals surface area contributed by atoms with E-state index in [1.807, 2.05) is 0 Å². The number of hydrogen-bond acceptors (Lipinski definition) is 3. The number of nitrogens with zero attached hydrogens (tertiary/aromatic N) is 1. The molecule has 1 fully saturated rings. The van der Waals surface area contributed by atoms with Crippen molar-refractivity contribution in [3.05, 3.63) is 52.4 Å². The number of carbonyl (C=O) groups is 1. The summed E-state index contributed by atoms with van der Waals surface area (Å²) < 4.78 is 38.9. The van der Waals surface area contributed by atoms with Gasteiger partial charge in [0, 0.05) is 17.1 Å². The minimum absolute atomic E-state index is 0.0390. The van der Waals surface area contributed by atoms with E-state index < -0.39 is 29.4 Å². The molecule has 1 saturated heterocycles. The van der Waals surface area contributed by atoms with Crippen molar-refractivity contribution in [3.63, 3.8) is 0 Å². The number of rotatable bonds is 2. The van der Waals surface area contributed by atoms with E-state index in [9.17, 15) is 13.6 Å². The van der Waals surface area contributed by atoms with Crippen LogP contribution in [0.3, 0.4) is 0 Å². The van der Waals surface area contributed by atoms with Gasteiger partial charge < -0.3 is 19.4 Å². The highest BCUT2D eigenvalue weighted by Gasteiger charge is 2.31. The lowest BCUT2D eigenvalue weighted by atomic mass is 10.1. The van der Waals surface area contributed by atoms with Crippen LogP contribution in [0, 0.1) is 18.6 Å². The number of amides is 2. The fourth-order valence-electron chi connectivity index (χ4n) is 2.55. The first-order chi connectivity index (χ1) is 11.5. The van der Waals surface area contributed by atoms with E-state index >= 15 is 0 Å². The molecule has 1 aromatic heterocycles. The molecule has 2 aromatic rings. The second kappa shape index (κ2) is 6.78. The molecule has 3 rings (SSSR count). The first-order valence-corrected chi connectivity index (χ1v) is 7.69. The van der Waals surface area contributed by atoms with Crippen molar-refractivity contribution < 1.29 is 22.7 Å². The van der Waals surface area contributed by atoms with Gasteiger partial charge in [0.2, 0.25) is 0 Å². The van der Waals surface area contributed by atoms with Crippen LogP contribution in [-0.4, -0.2) is 30.7 Å². The van der Waals surface area contributed by atoms with E-state index in [0.717, 1.165) is 6.07 Å². The van der Waals surface area contributed by atoms with Crippen LogP contribution in [0.2, 0.25) is 5.02 Å². The number of morpholine rings is 1. The third-order valence-corrected chi connectivity index (χ3v) is 4.28. The number of hydrogen-bond donors (Lipinski definition) is 1. The second-order valence-electron chi connectivity index (χ2n) is 5.38. The zero-order valence-corrected chi connectivity index (χ0v) is 13.6. The van der Waals surface area contributed by atoms with E-state index in [1.54, 1.807) is 12.1 Å². The Labute approximate surface area is 142 Å². The molecule has 1 unspecified atom stereocenters. The van der Waals surface area contributed by atoms with Crippen molar-refractivity contribution in [2.45, 2.75) is 13.0 Å². The molecule has 2 amide bonds. The van der Waals surface area contributed by atoms with E-state index in [2.05, 4.69) is 5.32 Å². The Balaban J connectivity index is 1.85. The van der Waals surface area contributed by atoms with Crippen molar-refractivity contribution in [1.29, 1.82) is 0 Å². The fraction of sp³-hybridized carbons (Fsp3) is 0.312. The molecule has 0 spiro atoms. The van der Waals surface area contributed by atoms with Crippen LogP contribution in [0.5, 0.6) is 0 Å². The maximum atomic E-state index is 14.2. The van der Waals surface area contributed by atoms with E-state index in [0.29, 0.717) is 12.4 Å². The lowest BCUT2D eigenvalue weighted by Crippen LogP contribution is -2.45. The summed E-state index contributed by atoms with van der Waals surface area (Å²) in [4.78, 5) is 13.9. The second-order valence-corrected chi connectivity index (χ2v) is 5.79. The average molecular weight is 357 g/mol. The Kier molecular flexibility index (Phi) is 4.73. The summed E-state index contributed by atoms with van der Waals surface area (Å²) in [6.07, 6.45) is 1.49. The third kappa shape index (κ3) is 3.09. The van der Waals surface area contributed by atoms with Crippen LogP contribution in [-0.2, 0) is 4.74 Å². The quantitative estimate of drug-likeness (QED) is 0.880. The van der Waals surface area contributed by atoms with E-state index in [1.165, 1.54) is 18.1 Å². The molecule has 5 nitrogen and oxygen atoms in total. The van der Waals surface area contributed by atoms with Gasteiger partial charge in [-0.25, -0.2) is 13.6 Å². The van der Waals surface area contributed by atoms with Crippen LogP contribution in [0.1, 0.15) is 17.4 Å². The maximum absolute atomic E-state index is 14.2. The minimum atomic E-state index is -0.931. The van der Waals surface area contributed by atoms with Gasteiger partial charge in [0.05, 0.1) is 19.5 Å². The number of anilines is 1. The number of benzene rings is 1. The zero-order valence-electron chi connectivity index (χ0n) is 12.8. The minimum Gasteiger partial charge on any atom is -0.467 e. The first-order valence-electron chi connectivity index (χ1n) is 7.32. The normalized spacial score (nSPS) is 17.8. The van der Waals surface area contributed by atoms with Crippen molar-refractivity contribution in [3.8, 4) is 0 Å². The molecular formula is C16H15ClF2N2O3. The number of urea groups is 1. The Hall–Kier alpha value is -2.12. The van der Waals surface area contributed by atoms with Gasteiger partial charge in [-0.3, -0.25) is 0 Å². The van der Waals surface area contributed by atoms with E-state index in [-0.39, 0.29) is 23.7 Å². The lowest BCUT2D eigenvalue weighted by Gasteiger charge is -2.34. The van der Waals surface area contributed by atoms with Gasteiger partial charge in [0.1, 0.15) is 17.5 Å². The smallest absolute Gasteiger partial charge is 0.322 e. The summed E-state index contributed by atoms with van der Waals surface area (Å²) in [7, 11) is 0. The summed E-state index contributed by atoms with van der Waals surface area (Å²) in [5.74, 6) is -1.28. The monoisotopic (exact) mass is 356 g/mol. The highest BCUT2D eigenvalue weighted by Crippen LogP contribution is 2.30. The van der Waals surface area contributed by atoms with Crippen molar-refractivity contribution in [2.75, 3.05) is 25.1 Å². The predicted molar refractivity (Wildman–Crippen MR) is 84.1 cm³/mol. The number of carbonyl (C=O) groups excluding carboxylic acids is 1. The van der Waals surface area contributed by atoms with Gasteiger partial charge in [-0.1, -0.05) is 11.6 Å². The topological polar surface area (TPSA) is 54.7 Å². The maximum Gasteiger partial charge on any atom is 0.322 e. The molecule has 128 valence electrons. The molecule has 1 N–H and O–H groups in total. The Morgan fingerprint density at radius 1 is 1.46 bits per heavy atom. The molecule has 0 bridgehead atoms. The number of nitrogens with one attached hydrogen (secondary N) is 1. The third-order valence-electron chi connectivity index (χ3n) is 3.89. The van der Waals surface area contributed by atoms with Crippen molar-refractivity contribution >= 4 is 23.3 Å². The molecule has 1 aromatic carbocycles. The predicted octanol–water partition coefficient (Wildman–Crippen LogP) is 4.13. The van der Waals surface area contributed by atoms with Crippen molar-refractivity contribution in [2.24, 2.45) is 0 Å². The molecule has 1 aliphatic heterocycles. The molecule has 0 radical (unpaired) electrons. The zero-order chi connectivity index (χ0) is 17.3. The average Bonchev–Trinajstić information content (AvgIpc) is 3.11. The Bertz CT molecular complexity index is 752. The van der Waals surface area contributed by atoms with Gasteiger partial charge in [-0.2, -0.15) is 0 Å². The molecule has 2 heterocycles. The number of halogens is 3. The molecule has 8 heteroatoms. The molecule has 24 heavy (non-hydrogen) atoms. The van der Waals surface area contributed by atoms with Crippen LogP contribution in [0.15, 0.2) is 28.9 Å². The summed E-state index contributed by atoms with van der Waals surface area (Å²) in [5.41, 5.74) is -0.454. The Morgan fingerprint density at radius 2 is 2.25 bits per heavy atom. The van der Waals surface area contributed by atoms with Crippen LogP contribution in [0.25, 0.3) is 0 Å². The molecule has 0 saturated carbocycles. The number of ether oxygens (including phenoxy) is 1. The van der Waals surface area contributed by atoms with Gasteiger partial charge in [0.15, 0.2) is 11.6 Å². The first kappa shape index (κ1) is 16.7. The SMILES string of the molecule is Cc1c(Cl)cc(F)c(NC(=O)N2CCOCC2c2ccco2)c1F. The molecule has 1 aliphatic rings. The van der Waals surface area contributed by atoms with Gasteiger partial charge >= 0.3 is 6.03 Å². The van der Waals surface area contributed by atoms with Gasteiger partial charge in [-0.15, -0.1) is 0 Å². The standard InChI is InChI=1S/C16H15ClF2N2O3/c1-9-10(17)7-11(18)15(14(9)19)20-16(22)21-4-6-23-8-12(21)13-3-2-5-24-13/h2-3,5,7,12H,4,6,8H2,1H3,(H,20,22). The highest BCUT2D eigenvalue weighted by atomic mass is 35.5. The fourth-order valence-corrected chi connectivity index (χ4v) is 2.72. The summed E-state index contributed by atoms with van der Waals surface area (Å²) in [6, 6.07) is 3.28. The summed E-state index contributed by atoms with van der Waals surface area (Å²) >= 11 is 5.74.